The van der Waals surface area contributed by atoms with E-state index in [2.05, 4.69) is 39.3 Å². The van der Waals surface area contributed by atoms with E-state index in [0.717, 1.165) is 25.3 Å². The lowest BCUT2D eigenvalue weighted by atomic mass is 10.1. The highest BCUT2D eigenvalue weighted by molar-refractivity contribution is 5.94. The van der Waals surface area contributed by atoms with Crippen molar-refractivity contribution in [3.8, 4) is 11.3 Å². The van der Waals surface area contributed by atoms with Crippen LogP contribution in [0.4, 0.5) is 15.9 Å². The van der Waals surface area contributed by atoms with Crippen molar-refractivity contribution in [1.29, 1.82) is 0 Å². The molecule has 1 amide bonds. The fourth-order valence-electron chi connectivity index (χ4n) is 3.05. The number of rotatable bonds is 9. The van der Waals surface area contributed by atoms with Gasteiger partial charge >= 0.3 is 0 Å². The van der Waals surface area contributed by atoms with Crippen molar-refractivity contribution in [3.63, 3.8) is 0 Å². The van der Waals surface area contributed by atoms with Crippen molar-refractivity contribution >= 4 is 17.4 Å². The Morgan fingerprint density at radius 1 is 1.03 bits per heavy atom. The van der Waals surface area contributed by atoms with Crippen LogP contribution >= 0.6 is 0 Å². The van der Waals surface area contributed by atoms with E-state index in [0.29, 0.717) is 29.2 Å². The fraction of sp³-hybridized carbons (Fsp3) is 0.261. The molecule has 156 valence electrons. The van der Waals surface area contributed by atoms with Crippen molar-refractivity contribution in [3.05, 3.63) is 72.3 Å². The average molecular weight is 407 g/mol. The highest BCUT2D eigenvalue weighted by Crippen LogP contribution is 2.22. The highest BCUT2D eigenvalue weighted by atomic mass is 19.1. The summed E-state index contributed by atoms with van der Waals surface area (Å²) < 4.78 is 13.5. The number of amides is 1. The van der Waals surface area contributed by atoms with Crippen LogP contribution in [0.2, 0.25) is 0 Å². The molecular weight excluding hydrogens is 381 g/mol. The Morgan fingerprint density at radius 2 is 1.80 bits per heavy atom. The molecule has 0 aliphatic heterocycles. The molecule has 0 atom stereocenters. The number of halogens is 1. The minimum absolute atomic E-state index is 0.0934. The molecule has 7 heteroatoms. The molecule has 0 spiro atoms. The van der Waals surface area contributed by atoms with Gasteiger partial charge in [0.2, 0.25) is 0 Å². The molecule has 0 fully saturated rings. The molecule has 1 aromatic heterocycles. The molecule has 0 saturated carbocycles. The first-order chi connectivity index (χ1) is 14.6. The monoisotopic (exact) mass is 407 g/mol. The van der Waals surface area contributed by atoms with Crippen LogP contribution in [0.1, 0.15) is 24.2 Å². The lowest BCUT2D eigenvalue weighted by molar-refractivity contribution is 0.0949. The van der Waals surface area contributed by atoms with E-state index in [1.54, 1.807) is 30.3 Å². The Hall–Kier alpha value is -3.32. The SMILES string of the molecule is CCN(CC)CCNC(=O)c1ccc(Nc2cc(-c3cccc(F)c3)ncn2)cc1. The van der Waals surface area contributed by atoms with Crippen LogP contribution in [0.3, 0.4) is 0 Å². The lowest BCUT2D eigenvalue weighted by Gasteiger charge is -2.18. The molecule has 3 aromatic rings. The second-order valence-corrected chi connectivity index (χ2v) is 6.78. The molecule has 0 unspecified atom stereocenters. The third-order valence-electron chi connectivity index (χ3n) is 4.81. The van der Waals surface area contributed by atoms with Gasteiger partial charge in [0.25, 0.3) is 5.91 Å². The van der Waals surface area contributed by atoms with Gasteiger partial charge in [-0.05, 0) is 49.5 Å². The Balaban J connectivity index is 1.60. The summed E-state index contributed by atoms with van der Waals surface area (Å²) >= 11 is 0. The van der Waals surface area contributed by atoms with Gasteiger partial charge in [-0.1, -0.05) is 26.0 Å². The molecule has 0 bridgehead atoms. The number of carbonyl (C=O) groups is 1. The Bertz CT molecular complexity index is 973. The number of carbonyl (C=O) groups excluding carboxylic acids is 1. The second kappa shape index (κ2) is 10.5. The van der Waals surface area contributed by atoms with Crippen LogP contribution in [0.25, 0.3) is 11.3 Å². The maximum Gasteiger partial charge on any atom is 0.251 e. The number of anilines is 2. The van der Waals surface area contributed by atoms with E-state index in [9.17, 15) is 9.18 Å². The first-order valence-corrected chi connectivity index (χ1v) is 10.0. The van der Waals surface area contributed by atoms with E-state index in [-0.39, 0.29) is 11.7 Å². The molecule has 0 saturated heterocycles. The predicted molar refractivity (Wildman–Crippen MR) is 117 cm³/mol. The zero-order chi connectivity index (χ0) is 21.3. The van der Waals surface area contributed by atoms with E-state index in [1.807, 2.05) is 12.1 Å². The van der Waals surface area contributed by atoms with Gasteiger partial charge in [-0.2, -0.15) is 0 Å². The Morgan fingerprint density at radius 3 is 2.50 bits per heavy atom. The van der Waals surface area contributed by atoms with Crippen LogP contribution in [-0.4, -0.2) is 47.0 Å². The molecule has 30 heavy (non-hydrogen) atoms. The number of hydrogen-bond acceptors (Lipinski definition) is 5. The Kier molecular flexibility index (Phi) is 7.45. The normalized spacial score (nSPS) is 10.8. The second-order valence-electron chi connectivity index (χ2n) is 6.78. The number of nitrogens with zero attached hydrogens (tertiary/aromatic N) is 3. The lowest BCUT2D eigenvalue weighted by Crippen LogP contribution is -2.34. The van der Waals surface area contributed by atoms with Crippen LogP contribution in [-0.2, 0) is 0 Å². The van der Waals surface area contributed by atoms with Gasteiger partial charge in [0.15, 0.2) is 0 Å². The summed E-state index contributed by atoms with van der Waals surface area (Å²) in [7, 11) is 0. The average Bonchev–Trinajstić information content (AvgIpc) is 2.77. The maximum atomic E-state index is 13.5. The quantitative estimate of drug-likeness (QED) is 0.559. The van der Waals surface area contributed by atoms with Crippen molar-refractivity contribution in [2.45, 2.75) is 13.8 Å². The predicted octanol–water partition coefficient (Wildman–Crippen LogP) is 4.10. The van der Waals surface area contributed by atoms with Crippen LogP contribution in [0.5, 0.6) is 0 Å². The molecule has 0 aliphatic rings. The van der Waals surface area contributed by atoms with Crippen LogP contribution < -0.4 is 10.6 Å². The van der Waals surface area contributed by atoms with Crippen LogP contribution in [0, 0.1) is 5.82 Å². The third kappa shape index (κ3) is 5.84. The van der Waals surface area contributed by atoms with Gasteiger partial charge in [0.05, 0.1) is 5.69 Å². The molecule has 0 radical (unpaired) electrons. The minimum atomic E-state index is -0.313. The van der Waals surface area contributed by atoms with Crippen molar-refractivity contribution < 1.29 is 9.18 Å². The van der Waals surface area contributed by atoms with Crippen molar-refractivity contribution in [2.24, 2.45) is 0 Å². The maximum absolute atomic E-state index is 13.5. The van der Waals surface area contributed by atoms with Crippen molar-refractivity contribution in [2.75, 3.05) is 31.5 Å². The summed E-state index contributed by atoms with van der Waals surface area (Å²) in [5.74, 6) is 0.177. The minimum Gasteiger partial charge on any atom is -0.351 e. The van der Waals surface area contributed by atoms with E-state index in [4.69, 9.17) is 0 Å². The van der Waals surface area contributed by atoms with E-state index in [1.165, 1.54) is 18.5 Å². The summed E-state index contributed by atoms with van der Waals surface area (Å²) in [6, 6.07) is 15.2. The van der Waals surface area contributed by atoms with Gasteiger partial charge in [0, 0.05) is 36.0 Å². The zero-order valence-electron chi connectivity index (χ0n) is 17.2. The fourth-order valence-corrected chi connectivity index (χ4v) is 3.05. The molecule has 6 nitrogen and oxygen atoms in total. The van der Waals surface area contributed by atoms with E-state index >= 15 is 0 Å². The summed E-state index contributed by atoms with van der Waals surface area (Å²) in [4.78, 5) is 23.0. The highest BCUT2D eigenvalue weighted by Gasteiger charge is 2.07. The summed E-state index contributed by atoms with van der Waals surface area (Å²) in [5, 5.41) is 6.13. The van der Waals surface area contributed by atoms with Gasteiger partial charge in [-0.15, -0.1) is 0 Å². The number of benzene rings is 2. The van der Waals surface area contributed by atoms with Gasteiger partial charge in [0.1, 0.15) is 18.0 Å². The first kappa shape index (κ1) is 21.4. The number of nitrogens with one attached hydrogen (secondary N) is 2. The topological polar surface area (TPSA) is 70.2 Å². The smallest absolute Gasteiger partial charge is 0.251 e. The van der Waals surface area contributed by atoms with Gasteiger partial charge < -0.3 is 15.5 Å². The van der Waals surface area contributed by atoms with E-state index < -0.39 is 0 Å². The summed E-state index contributed by atoms with van der Waals surface area (Å²) in [5.41, 5.74) is 2.69. The molecule has 1 heterocycles. The Labute approximate surface area is 176 Å². The molecular formula is C23H26FN5O. The van der Waals surface area contributed by atoms with Gasteiger partial charge in [-0.25, -0.2) is 14.4 Å². The molecule has 0 aliphatic carbocycles. The van der Waals surface area contributed by atoms with Crippen molar-refractivity contribution in [1.82, 2.24) is 20.2 Å². The molecule has 2 aromatic carbocycles. The number of likely N-dealkylation sites (N-methyl/N-ethyl adjacent to an activating group) is 1. The third-order valence-corrected chi connectivity index (χ3v) is 4.81. The summed E-state index contributed by atoms with van der Waals surface area (Å²) in [6.45, 7) is 7.60. The van der Waals surface area contributed by atoms with Crippen LogP contribution in [0.15, 0.2) is 60.9 Å². The number of hydrogen-bond donors (Lipinski definition) is 2. The molecule has 3 rings (SSSR count). The summed E-state index contributed by atoms with van der Waals surface area (Å²) in [6.07, 6.45) is 1.43. The largest absolute Gasteiger partial charge is 0.351 e. The number of aromatic nitrogens is 2. The van der Waals surface area contributed by atoms with Gasteiger partial charge in [-0.3, -0.25) is 4.79 Å². The first-order valence-electron chi connectivity index (χ1n) is 10.0. The zero-order valence-corrected chi connectivity index (χ0v) is 17.2. The standard InChI is InChI=1S/C23H26FN5O/c1-3-29(4-2)13-12-25-23(30)17-8-10-20(11-9-17)28-22-15-21(26-16-27-22)18-6-5-7-19(24)14-18/h5-11,14-16H,3-4,12-13H2,1-2H3,(H,25,30)(H,26,27,28). The molecule has 2 N–H and O–H groups in total.